The minimum absolute atomic E-state index is 0.0309. The van der Waals surface area contributed by atoms with Crippen molar-refractivity contribution >= 4 is 11.9 Å². The summed E-state index contributed by atoms with van der Waals surface area (Å²) in [5, 5.41) is 3.93. The molecule has 156 valence electrons. The molecule has 0 heterocycles. The van der Waals surface area contributed by atoms with E-state index in [1.807, 2.05) is 0 Å². The van der Waals surface area contributed by atoms with E-state index in [2.05, 4.69) is 10.1 Å². The summed E-state index contributed by atoms with van der Waals surface area (Å²) in [5.41, 5.74) is -3.01. The van der Waals surface area contributed by atoms with E-state index < -0.39 is 23.7 Å². The number of benzene rings is 2. The number of hydrogen-bond acceptors (Lipinski definition) is 5. The molecule has 2 aromatic rings. The predicted molar refractivity (Wildman–Crippen MR) is 99.2 cm³/mol. The zero-order valence-electron chi connectivity index (χ0n) is 15.9. The maximum Gasteiger partial charge on any atom is 0.436 e. The second-order valence-corrected chi connectivity index (χ2v) is 5.99. The minimum Gasteiger partial charge on any atom is -0.497 e. The van der Waals surface area contributed by atoms with Crippen LogP contribution in [0.3, 0.4) is 0 Å². The highest BCUT2D eigenvalue weighted by molar-refractivity contribution is 5.98. The standard InChI is InChI=1S/C20H21F3N2O4/c1-3-29-18(27)19(20(21,22)23,25-17(26)15-7-5-4-6-8-15)24-13-14-9-11-16(28-2)12-10-14/h4-12,24H,3,13H2,1-2H3,(H,25,26)/t19-/m1/s1. The summed E-state index contributed by atoms with van der Waals surface area (Å²) in [6.45, 7) is 0.723. The molecule has 2 N–H and O–H groups in total. The Morgan fingerprint density at radius 2 is 1.62 bits per heavy atom. The maximum atomic E-state index is 14.0. The lowest BCUT2D eigenvalue weighted by molar-refractivity contribution is -0.219. The number of alkyl halides is 3. The van der Waals surface area contributed by atoms with Gasteiger partial charge in [0.2, 0.25) is 0 Å². The van der Waals surface area contributed by atoms with Gasteiger partial charge in [-0.3, -0.25) is 10.1 Å². The zero-order chi connectivity index (χ0) is 21.5. The zero-order valence-corrected chi connectivity index (χ0v) is 15.9. The molecule has 0 aliphatic heterocycles. The molecule has 0 spiro atoms. The van der Waals surface area contributed by atoms with Crippen molar-refractivity contribution in [2.24, 2.45) is 0 Å². The van der Waals surface area contributed by atoms with E-state index in [1.54, 1.807) is 23.5 Å². The monoisotopic (exact) mass is 410 g/mol. The van der Waals surface area contributed by atoms with Gasteiger partial charge < -0.3 is 14.8 Å². The minimum atomic E-state index is -5.17. The van der Waals surface area contributed by atoms with E-state index >= 15 is 0 Å². The summed E-state index contributed by atoms with van der Waals surface area (Å²) < 4.78 is 51.8. The third-order valence-corrected chi connectivity index (χ3v) is 4.06. The topological polar surface area (TPSA) is 76.7 Å². The van der Waals surface area contributed by atoms with E-state index in [4.69, 9.17) is 4.74 Å². The Morgan fingerprint density at radius 1 is 1.00 bits per heavy atom. The number of halogens is 3. The van der Waals surface area contributed by atoms with E-state index in [0.29, 0.717) is 11.3 Å². The molecule has 0 aliphatic carbocycles. The van der Waals surface area contributed by atoms with Crippen LogP contribution in [0, 0.1) is 0 Å². The SMILES string of the molecule is CCOC(=O)[C@@](NCc1ccc(OC)cc1)(NC(=O)c1ccccc1)C(F)(F)F. The van der Waals surface area contributed by atoms with Gasteiger partial charge in [0.15, 0.2) is 0 Å². The van der Waals surface area contributed by atoms with Gasteiger partial charge in [0.05, 0.1) is 13.7 Å². The highest BCUT2D eigenvalue weighted by Gasteiger charge is 2.63. The van der Waals surface area contributed by atoms with Gasteiger partial charge in [0.1, 0.15) is 5.75 Å². The molecule has 9 heteroatoms. The van der Waals surface area contributed by atoms with Gasteiger partial charge in [-0.2, -0.15) is 13.2 Å². The second-order valence-electron chi connectivity index (χ2n) is 5.99. The second kappa shape index (κ2) is 9.42. The summed E-state index contributed by atoms with van der Waals surface area (Å²) in [6, 6.07) is 13.5. The first-order chi connectivity index (χ1) is 13.7. The summed E-state index contributed by atoms with van der Waals surface area (Å²) in [7, 11) is 1.46. The molecule has 0 bridgehead atoms. The first-order valence-electron chi connectivity index (χ1n) is 8.73. The van der Waals surface area contributed by atoms with Crippen LogP contribution < -0.4 is 15.4 Å². The molecular formula is C20H21F3N2O4. The Labute approximate surface area is 166 Å². The fourth-order valence-corrected chi connectivity index (χ4v) is 2.50. The molecule has 0 aromatic heterocycles. The lowest BCUT2D eigenvalue weighted by atomic mass is 10.1. The fraction of sp³-hybridized carbons (Fsp3) is 0.300. The molecule has 1 amide bonds. The van der Waals surface area contributed by atoms with Crippen LogP contribution in [0.4, 0.5) is 13.2 Å². The number of hydrogen-bond donors (Lipinski definition) is 2. The molecular weight excluding hydrogens is 389 g/mol. The number of rotatable bonds is 8. The largest absolute Gasteiger partial charge is 0.497 e. The highest BCUT2D eigenvalue weighted by atomic mass is 19.4. The van der Waals surface area contributed by atoms with Gasteiger partial charge in [0, 0.05) is 12.1 Å². The van der Waals surface area contributed by atoms with Crippen molar-refractivity contribution in [1.82, 2.24) is 10.6 Å². The molecule has 2 rings (SSSR count). The van der Waals surface area contributed by atoms with Crippen molar-refractivity contribution in [2.45, 2.75) is 25.3 Å². The predicted octanol–water partition coefficient (Wildman–Crippen LogP) is 3.04. The maximum absolute atomic E-state index is 14.0. The van der Waals surface area contributed by atoms with Crippen molar-refractivity contribution < 1.29 is 32.2 Å². The molecule has 0 saturated heterocycles. The Hall–Kier alpha value is -3.07. The van der Waals surface area contributed by atoms with Crippen LogP contribution in [-0.2, 0) is 16.1 Å². The average molecular weight is 410 g/mol. The fourth-order valence-electron chi connectivity index (χ4n) is 2.50. The van der Waals surface area contributed by atoms with Crippen LogP contribution in [0.25, 0.3) is 0 Å². The molecule has 1 atom stereocenters. The normalized spacial score (nSPS) is 13.3. The number of ether oxygens (including phenoxy) is 2. The number of methoxy groups -OCH3 is 1. The number of amides is 1. The van der Waals surface area contributed by atoms with Crippen LogP contribution in [0.1, 0.15) is 22.8 Å². The van der Waals surface area contributed by atoms with Crippen LogP contribution in [0.5, 0.6) is 5.75 Å². The van der Waals surface area contributed by atoms with Crippen molar-refractivity contribution in [1.29, 1.82) is 0 Å². The van der Waals surface area contributed by atoms with Crippen LogP contribution in [0.2, 0.25) is 0 Å². The summed E-state index contributed by atoms with van der Waals surface area (Å²) in [5.74, 6) is -2.19. The van der Waals surface area contributed by atoms with Gasteiger partial charge in [-0.1, -0.05) is 30.3 Å². The summed E-state index contributed by atoms with van der Waals surface area (Å²) in [4.78, 5) is 24.8. The Bertz CT molecular complexity index is 826. The summed E-state index contributed by atoms with van der Waals surface area (Å²) in [6.07, 6.45) is -5.17. The van der Waals surface area contributed by atoms with Crippen molar-refractivity contribution in [3.8, 4) is 5.75 Å². The van der Waals surface area contributed by atoms with E-state index in [1.165, 1.54) is 50.4 Å². The molecule has 6 nitrogen and oxygen atoms in total. The van der Waals surface area contributed by atoms with Crippen molar-refractivity contribution in [2.75, 3.05) is 13.7 Å². The summed E-state index contributed by atoms with van der Waals surface area (Å²) >= 11 is 0. The van der Waals surface area contributed by atoms with Gasteiger partial charge >= 0.3 is 12.1 Å². The van der Waals surface area contributed by atoms with Gasteiger partial charge in [-0.15, -0.1) is 0 Å². The highest BCUT2D eigenvalue weighted by Crippen LogP contribution is 2.31. The first kappa shape index (κ1) is 22.2. The molecule has 29 heavy (non-hydrogen) atoms. The molecule has 0 fully saturated rings. The van der Waals surface area contributed by atoms with E-state index in [-0.39, 0.29) is 18.7 Å². The van der Waals surface area contributed by atoms with Crippen molar-refractivity contribution in [3.63, 3.8) is 0 Å². The smallest absolute Gasteiger partial charge is 0.436 e. The number of esters is 1. The van der Waals surface area contributed by atoms with Gasteiger partial charge in [-0.05, 0) is 36.8 Å². The first-order valence-corrected chi connectivity index (χ1v) is 8.73. The van der Waals surface area contributed by atoms with Crippen LogP contribution in [0.15, 0.2) is 54.6 Å². The number of nitrogens with one attached hydrogen (secondary N) is 2. The van der Waals surface area contributed by atoms with E-state index in [9.17, 15) is 22.8 Å². The molecule has 0 radical (unpaired) electrons. The third-order valence-electron chi connectivity index (χ3n) is 4.06. The van der Waals surface area contributed by atoms with Gasteiger partial charge in [0.25, 0.3) is 11.6 Å². The molecule has 2 aromatic carbocycles. The van der Waals surface area contributed by atoms with Crippen molar-refractivity contribution in [3.05, 3.63) is 65.7 Å². The molecule has 0 saturated carbocycles. The van der Waals surface area contributed by atoms with Gasteiger partial charge in [-0.25, -0.2) is 4.79 Å². The quantitative estimate of drug-likeness (QED) is 0.517. The van der Waals surface area contributed by atoms with Crippen LogP contribution in [-0.4, -0.2) is 37.4 Å². The van der Waals surface area contributed by atoms with E-state index in [0.717, 1.165) is 0 Å². The third kappa shape index (κ3) is 5.26. The molecule has 0 aliphatic rings. The lowest BCUT2D eigenvalue weighted by Gasteiger charge is -2.34. The van der Waals surface area contributed by atoms with Crippen LogP contribution >= 0.6 is 0 Å². The number of carbonyl (C=O) groups excluding carboxylic acids is 2. The average Bonchev–Trinajstić information content (AvgIpc) is 2.71. The Kier molecular flexibility index (Phi) is 7.22. The molecule has 0 unspecified atom stereocenters. The number of carbonyl (C=O) groups is 2. The Morgan fingerprint density at radius 3 is 2.14 bits per heavy atom. The lowest BCUT2D eigenvalue weighted by Crippen LogP contribution is -2.72. The Balaban J connectivity index is 2.36.